The van der Waals surface area contributed by atoms with Crippen LogP contribution in [0, 0.1) is 5.41 Å². The first-order valence-corrected chi connectivity index (χ1v) is 5.20. The Morgan fingerprint density at radius 1 is 1.25 bits per heavy atom. The fourth-order valence-electron chi connectivity index (χ4n) is 2.83. The maximum absolute atomic E-state index is 3.54. The van der Waals surface area contributed by atoms with E-state index in [0.29, 0.717) is 5.41 Å². The predicted molar refractivity (Wildman–Crippen MR) is 51.3 cm³/mol. The number of rotatable bonds is 0. The van der Waals surface area contributed by atoms with Crippen molar-refractivity contribution < 1.29 is 0 Å². The summed E-state index contributed by atoms with van der Waals surface area (Å²) in [6.07, 6.45) is 5.68. The van der Waals surface area contributed by atoms with Gasteiger partial charge in [-0.1, -0.05) is 0 Å². The first kappa shape index (κ1) is 8.52. The molecule has 0 aromatic carbocycles. The van der Waals surface area contributed by atoms with E-state index in [1.807, 2.05) is 0 Å². The van der Waals surface area contributed by atoms with E-state index in [9.17, 15) is 0 Å². The van der Waals surface area contributed by atoms with E-state index in [2.05, 4.69) is 17.3 Å². The lowest BCUT2D eigenvalue weighted by Crippen LogP contribution is -2.49. The molecule has 0 amide bonds. The van der Waals surface area contributed by atoms with Gasteiger partial charge in [-0.05, 0) is 51.2 Å². The van der Waals surface area contributed by atoms with Crippen LogP contribution in [0.5, 0.6) is 0 Å². The van der Waals surface area contributed by atoms with Crippen LogP contribution in [0.4, 0.5) is 0 Å². The summed E-state index contributed by atoms with van der Waals surface area (Å²) in [7, 11) is 2.26. The molecule has 0 aliphatic carbocycles. The van der Waals surface area contributed by atoms with Crippen molar-refractivity contribution in [3.8, 4) is 0 Å². The van der Waals surface area contributed by atoms with E-state index in [0.717, 1.165) is 0 Å². The molecule has 2 nitrogen and oxygen atoms in total. The normalized spacial score (nSPS) is 38.8. The fraction of sp³-hybridized carbons (Fsp3) is 1.00. The van der Waals surface area contributed by atoms with E-state index in [1.165, 1.54) is 51.9 Å². The third kappa shape index (κ3) is 1.64. The zero-order valence-corrected chi connectivity index (χ0v) is 8.10. The Morgan fingerprint density at radius 2 is 2.08 bits per heavy atom. The number of hydrogen-bond acceptors (Lipinski definition) is 2. The summed E-state index contributed by atoms with van der Waals surface area (Å²) in [6, 6.07) is 0. The van der Waals surface area contributed by atoms with Crippen molar-refractivity contribution in [2.45, 2.75) is 25.7 Å². The van der Waals surface area contributed by atoms with Gasteiger partial charge >= 0.3 is 0 Å². The summed E-state index contributed by atoms with van der Waals surface area (Å²) in [5.41, 5.74) is 0.644. The monoisotopic (exact) mass is 168 g/mol. The van der Waals surface area contributed by atoms with Crippen LogP contribution in [0.1, 0.15) is 25.7 Å². The highest BCUT2D eigenvalue weighted by molar-refractivity contribution is 4.90. The van der Waals surface area contributed by atoms with Gasteiger partial charge in [0.15, 0.2) is 0 Å². The molecule has 0 saturated carbocycles. The minimum absolute atomic E-state index is 0.644. The maximum atomic E-state index is 3.54. The first-order chi connectivity index (χ1) is 5.81. The summed E-state index contributed by atoms with van der Waals surface area (Å²) in [4.78, 5) is 2.50. The summed E-state index contributed by atoms with van der Waals surface area (Å²) in [5, 5.41) is 3.54. The molecule has 2 heteroatoms. The lowest BCUT2D eigenvalue weighted by atomic mass is 9.74. The van der Waals surface area contributed by atoms with Crippen molar-refractivity contribution in [3.05, 3.63) is 0 Å². The topological polar surface area (TPSA) is 15.3 Å². The van der Waals surface area contributed by atoms with Gasteiger partial charge in [-0.2, -0.15) is 0 Å². The van der Waals surface area contributed by atoms with Crippen molar-refractivity contribution in [3.63, 3.8) is 0 Å². The second kappa shape index (κ2) is 3.35. The van der Waals surface area contributed by atoms with Crippen LogP contribution in [-0.2, 0) is 0 Å². The largest absolute Gasteiger partial charge is 0.316 e. The van der Waals surface area contributed by atoms with Crippen LogP contribution in [0.3, 0.4) is 0 Å². The average molecular weight is 168 g/mol. The molecule has 12 heavy (non-hydrogen) atoms. The summed E-state index contributed by atoms with van der Waals surface area (Å²) in [6.45, 7) is 5.13. The van der Waals surface area contributed by atoms with Crippen LogP contribution in [-0.4, -0.2) is 38.1 Å². The minimum atomic E-state index is 0.644. The molecular weight excluding hydrogens is 148 g/mol. The van der Waals surface area contributed by atoms with Gasteiger partial charge in [0, 0.05) is 13.1 Å². The van der Waals surface area contributed by atoms with Crippen molar-refractivity contribution >= 4 is 0 Å². The SMILES string of the molecule is CN1CCCC2(CCCNC2)C1. The van der Waals surface area contributed by atoms with E-state index >= 15 is 0 Å². The van der Waals surface area contributed by atoms with Crippen molar-refractivity contribution in [2.24, 2.45) is 5.41 Å². The first-order valence-electron chi connectivity index (χ1n) is 5.20. The van der Waals surface area contributed by atoms with E-state index in [4.69, 9.17) is 0 Å². The molecular formula is C10H20N2. The predicted octanol–water partition coefficient (Wildman–Crippen LogP) is 1.08. The smallest absolute Gasteiger partial charge is 0.00471 e. The van der Waals surface area contributed by atoms with Gasteiger partial charge in [0.25, 0.3) is 0 Å². The Morgan fingerprint density at radius 3 is 2.75 bits per heavy atom. The van der Waals surface area contributed by atoms with E-state index in [-0.39, 0.29) is 0 Å². The highest BCUT2D eigenvalue weighted by Gasteiger charge is 2.34. The van der Waals surface area contributed by atoms with Crippen LogP contribution in [0.2, 0.25) is 0 Å². The van der Waals surface area contributed by atoms with Gasteiger partial charge in [-0.3, -0.25) is 0 Å². The Hall–Kier alpha value is -0.0800. The standard InChI is InChI=1S/C10H20N2/c1-12-7-3-5-10(9-12)4-2-6-11-8-10/h11H,2-9H2,1H3. The zero-order valence-electron chi connectivity index (χ0n) is 8.10. The van der Waals surface area contributed by atoms with E-state index < -0.39 is 0 Å². The third-order valence-corrected chi connectivity index (χ3v) is 3.41. The molecule has 2 heterocycles. The molecule has 2 fully saturated rings. The van der Waals surface area contributed by atoms with Crippen molar-refractivity contribution in [2.75, 3.05) is 33.2 Å². The molecule has 1 atom stereocenters. The second-order valence-electron chi connectivity index (χ2n) is 4.62. The fourth-order valence-corrected chi connectivity index (χ4v) is 2.83. The Labute approximate surface area is 75.3 Å². The molecule has 2 aliphatic rings. The average Bonchev–Trinajstić information content (AvgIpc) is 2.05. The Bertz CT molecular complexity index is 144. The van der Waals surface area contributed by atoms with Crippen LogP contribution in [0.25, 0.3) is 0 Å². The summed E-state index contributed by atoms with van der Waals surface area (Å²) in [5.74, 6) is 0. The van der Waals surface area contributed by atoms with Crippen molar-refractivity contribution in [1.29, 1.82) is 0 Å². The van der Waals surface area contributed by atoms with E-state index in [1.54, 1.807) is 0 Å². The molecule has 2 saturated heterocycles. The number of nitrogens with zero attached hydrogens (tertiary/aromatic N) is 1. The molecule has 0 radical (unpaired) electrons. The lowest BCUT2D eigenvalue weighted by molar-refractivity contribution is 0.0810. The molecule has 2 rings (SSSR count). The van der Waals surface area contributed by atoms with Gasteiger partial charge in [-0.25, -0.2) is 0 Å². The molecule has 0 aromatic heterocycles. The second-order valence-corrected chi connectivity index (χ2v) is 4.62. The van der Waals surface area contributed by atoms with Gasteiger partial charge in [0.1, 0.15) is 0 Å². The number of likely N-dealkylation sites (tertiary alicyclic amines) is 1. The highest BCUT2D eigenvalue weighted by atomic mass is 15.1. The summed E-state index contributed by atoms with van der Waals surface area (Å²) < 4.78 is 0. The van der Waals surface area contributed by atoms with Crippen LogP contribution in [0.15, 0.2) is 0 Å². The number of hydrogen-bond donors (Lipinski definition) is 1. The summed E-state index contributed by atoms with van der Waals surface area (Å²) >= 11 is 0. The third-order valence-electron chi connectivity index (χ3n) is 3.41. The lowest BCUT2D eigenvalue weighted by Gasteiger charge is -2.44. The zero-order chi connectivity index (χ0) is 8.44. The molecule has 1 spiro atoms. The molecule has 70 valence electrons. The number of piperidine rings is 2. The van der Waals surface area contributed by atoms with Crippen LogP contribution >= 0.6 is 0 Å². The highest BCUT2D eigenvalue weighted by Crippen LogP contribution is 2.35. The van der Waals surface area contributed by atoms with Gasteiger partial charge in [0.2, 0.25) is 0 Å². The Balaban J connectivity index is 1.97. The molecule has 1 N–H and O–H groups in total. The number of nitrogens with one attached hydrogen (secondary N) is 1. The Kier molecular flexibility index (Phi) is 2.37. The van der Waals surface area contributed by atoms with Gasteiger partial charge in [-0.15, -0.1) is 0 Å². The van der Waals surface area contributed by atoms with Crippen molar-refractivity contribution in [1.82, 2.24) is 10.2 Å². The molecule has 1 unspecified atom stereocenters. The maximum Gasteiger partial charge on any atom is 0.00471 e. The van der Waals surface area contributed by atoms with Crippen LogP contribution < -0.4 is 5.32 Å². The van der Waals surface area contributed by atoms with Gasteiger partial charge < -0.3 is 10.2 Å². The molecule has 0 aromatic rings. The minimum Gasteiger partial charge on any atom is -0.316 e. The molecule has 2 aliphatic heterocycles. The molecule has 0 bridgehead atoms. The quantitative estimate of drug-likeness (QED) is 0.582. The van der Waals surface area contributed by atoms with Gasteiger partial charge in [0.05, 0.1) is 0 Å².